The molecule has 3 nitrogen and oxygen atoms in total. The van der Waals surface area contributed by atoms with Gasteiger partial charge in [0.1, 0.15) is 5.82 Å². The molecule has 0 spiro atoms. The zero-order chi connectivity index (χ0) is 15.4. The summed E-state index contributed by atoms with van der Waals surface area (Å²) in [6, 6.07) is 5.06. The maximum absolute atomic E-state index is 13.2. The van der Waals surface area contributed by atoms with E-state index in [4.69, 9.17) is 0 Å². The van der Waals surface area contributed by atoms with E-state index in [-0.39, 0.29) is 5.82 Å². The predicted octanol–water partition coefficient (Wildman–Crippen LogP) is 3.89. The molecular weight excluding hydrogens is 333 g/mol. The normalized spacial score (nSPS) is 11.3. The molecule has 2 rings (SSSR count). The van der Waals surface area contributed by atoms with Crippen molar-refractivity contribution in [2.24, 2.45) is 5.92 Å². The highest BCUT2D eigenvalue weighted by Crippen LogP contribution is 2.18. The van der Waals surface area contributed by atoms with E-state index >= 15 is 0 Å². The fourth-order valence-electron chi connectivity index (χ4n) is 2.12. The van der Waals surface area contributed by atoms with Gasteiger partial charge in [0.05, 0.1) is 17.2 Å². The SMILES string of the molecule is Cc1c(CNCC(C)C)cnn1Cc1ccc(F)c(Br)c1. The molecule has 0 saturated carbocycles. The van der Waals surface area contributed by atoms with Crippen LogP contribution < -0.4 is 5.32 Å². The second-order valence-electron chi connectivity index (χ2n) is 5.69. The first kappa shape index (κ1) is 16.2. The first-order valence-corrected chi connectivity index (χ1v) is 7.92. The molecular formula is C16H21BrFN3. The van der Waals surface area contributed by atoms with Gasteiger partial charge in [-0.2, -0.15) is 5.10 Å². The smallest absolute Gasteiger partial charge is 0.137 e. The average Bonchev–Trinajstić information content (AvgIpc) is 2.75. The maximum atomic E-state index is 13.2. The molecule has 0 aliphatic carbocycles. The first-order chi connectivity index (χ1) is 9.97. The highest BCUT2D eigenvalue weighted by Gasteiger charge is 2.08. The van der Waals surface area contributed by atoms with Crippen LogP contribution in [0.4, 0.5) is 4.39 Å². The third-order valence-corrected chi connectivity index (χ3v) is 4.00. The first-order valence-electron chi connectivity index (χ1n) is 7.13. The summed E-state index contributed by atoms with van der Waals surface area (Å²) in [6.45, 7) is 8.92. The largest absolute Gasteiger partial charge is 0.312 e. The third-order valence-electron chi connectivity index (χ3n) is 3.39. The van der Waals surface area contributed by atoms with E-state index in [0.717, 1.165) is 24.3 Å². The van der Waals surface area contributed by atoms with Gasteiger partial charge in [-0.15, -0.1) is 0 Å². The summed E-state index contributed by atoms with van der Waals surface area (Å²) in [5.74, 6) is 0.395. The molecule has 114 valence electrons. The second-order valence-corrected chi connectivity index (χ2v) is 6.54. The van der Waals surface area contributed by atoms with Gasteiger partial charge in [0.2, 0.25) is 0 Å². The number of hydrogen-bond acceptors (Lipinski definition) is 2. The summed E-state index contributed by atoms with van der Waals surface area (Å²) < 4.78 is 15.7. The molecule has 0 unspecified atom stereocenters. The van der Waals surface area contributed by atoms with Crippen LogP contribution in [0.25, 0.3) is 0 Å². The van der Waals surface area contributed by atoms with Gasteiger partial charge in [0.25, 0.3) is 0 Å². The summed E-state index contributed by atoms with van der Waals surface area (Å²) in [4.78, 5) is 0. The van der Waals surface area contributed by atoms with Gasteiger partial charge >= 0.3 is 0 Å². The minimum atomic E-state index is -0.241. The third kappa shape index (κ3) is 4.38. The van der Waals surface area contributed by atoms with Gasteiger partial charge in [-0.05, 0) is 53.0 Å². The zero-order valence-electron chi connectivity index (χ0n) is 12.7. The maximum Gasteiger partial charge on any atom is 0.137 e. The van der Waals surface area contributed by atoms with Crippen molar-refractivity contribution >= 4 is 15.9 Å². The van der Waals surface area contributed by atoms with E-state index in [1.807, 2.05) is 10.9 Å². The Morgan fingerprint density at radius 2 is 2.14 bits per heavy atom. The van der Waals surface area contributed by atoms with E-state index in [2.05, 4.69) is 47.1 Å². The lowest BCUT2D eigenvalue weighted by molar-refractivity contribution is 0.550. The number of nitrogens with one attached hydrogen (secondary N) is 1. The van der Waals surface area contributed by atoms with Crippen LogP contribution in [0, 0.1) is 18.7 Å². The molecule has 21 heavy (non-hydrogen) atoms. The van der Waals surface area contributed by atoms with Crippen LogP contribution in [-0.4, -0.2) is 16.3 Å². The molecule has 0 fully saturated rings. The van der Waals surface area contributed by atoms with Crippen molar-refractivity contribution in [1.82, 2.24) is 15.1 Å². The van der Waals surface area contributed by atoms with Crippen molar-refractivity contribution in [2.45, 2.75) is 33.9 Å². The lowest BCUT2D eigenvalue weighted by Gasteiger charge is -2.08. The van der Waals surface area contributed by atoms with Gasteiger partial charge in [0, 0.05) is 17.8 Å². The van der Waals surface area contributed by atoms with E-state index in [1.54, 1.807) is 12.1 Å². The van der Waals surface area contributed by atoms with Gasteiger partial charge in [0.15, 0.2) is 0 Å². The Labute approximate surface area is 133 Å². The highest BCUT2D eigenvalue weighted by molar-refractivity contribution is 9.10. The van der Waals surface area contributed by atoms with E-state index in [0.29, 0.717) is 16.9 Å². The number of aromatic nitrogens is 2. The Kier molecular flexibility index (Phi) is 5.53. The Morgan fingerprint density at radius 1 is 1.38 bits per heavy atom. The molecule has 0 bridgehead atoms. The summed E-state index contributed by atoms with van der Waals surface area (Å²) in [7, 11) is 0. The van der Waals surface area contributed by atoms with E-state index in [1.165, 1.54) is 11.6 Å². The van der Waals surface area contributed by atoms with Crippen LogP contribution in [0.1, 0.15) is 30.7 Å². The molecule has 1 N–H and O–H groups in total. The minimum Gasteiger partial charge on any atom is -0.312 e. The van der Waals surface area contributed by atoms with Crippen LogP contribution in [0.15, 0.2) is 28.9 Å². The molecule has 0 aliphatic heterocycles. The Morgan fingerprint density at radius 3 is 2.81 bits per heavy atom. The highest BCUT2D eigenvalue weighted by atomic mass is 79.9. The summed E-state index contributed by atoms with van der Waals surface area (Å²) in [5.41, 5.74) is 3.37. The van der Waals surface area contributed by atoms with E-state index in [9.17, 15) is 4.39 Å². The predicted molar refractivity (Wildman–Crippen MR) is 86.7 cm³/mol. The van der Waals surface area contributed by atoms with Crippen LogP contribution in [0.5, 0.6) is 0 Å². The van der Waals surface area contributed by atoms with Gasteiger partial charge in [-0.25, -0.2) is 4.39 Å². The minimum absolute atomic E-state index is 0.241. The van der Waals surface area contributed by atoms with E-state index < -0.39 is 0 Å². The number of rotatable bonds is 6. The second kappa shape index (κ2) is 7.18. The quantitative estimate of drug-likeness (QED) is 0.853. The Balaban J connectivity index is 2.04. The molecule has 1 aromatic carbocycles. The standard InChI is InChI=1S/C16H21BrFN3/c1-11(2)7-19-8-14-9-20-21(12(14)3)10-13-4-5-16(18)15(17)6-13/h4-6,9,11,19H,7-8,10H2,1-3H3. The number of nitrogens with zero attached hydrogens (tertiary/aromatic N) is 2. The lowest BCUT2D eigenvalue weighted by atomic mass is 10.2. The zero-order valence-corrected chi connectivity index (χ0v) is 14.2. The van der Waals surface area contributed by atoms with Gasteiger partial charge in [-0.3, -0.25) is 4.68 Å². The average molecular weight is 354 g/mol. The van der Waals surface area contributed by atoms with Crippen LogP contribution in [-0.2, 0) is 13.1 Å². The fourth-order valence-corrected chi connectivity index (χ4v) is 2.55. The van der Waals surface area contributed by atoms with Crippen molar-refractivity contribution in [3.63, 3.8) is 0 Å². The molecule has 1 heterocycles. The molecule has 1 aromatic heterocycles. The summed E-state index contributed by atoms with van der Waals surface area (Å²) in [6.07, 6.45) is 1.90. The van der Waals surface area contributed by atoms with Crippen LogP contribution in [0.3, 0.4) is 0 Å². The monoisotopic (exact) mass is 353 g/mol. The topological polar surface area (TPSA) is 29.9 Å². The van der Waals surface area contributed by atoms with Crippen molar-refractivity contribution in [2.75, 3.05) is 6.54 Å². The van der Waals surface area contributed by atoms with Crippen molar-refractivity contribution < 1.29 is 4.39 Å². The number of benzene rings is 1. The molecule has 0 aliphatic rings. The lowest BCUT2D eigenvalue weighted by Crippen LogP contribution is -2.19. The molecule has 0 radical (unpaired) electrons. The molecule has 0 saturated heterocycles. The van der Waals surface area contributed by atoms with Crippen molar-refractivity contribution in [3.05, 3.63) is 51.5 Å². The van der Waals surface area contributed by atoms with Gasteiger partial charge in [-0.1, -0.05) is 19.9 Å². The summed E-state index contributed by atoms with van der Waals surface area (Å²) >= 11 is 3.22. The Bertz CT molecular complexity index is 608. The van der Waals surface area contributed by atoms with Crippen LogP contribution >= 0.6 is 15.9 Å². The number of halogens is 2. The van der Waals surface area contributed by atoms with Crippen molar-refractivity contribution in [1.29, 1.82) is 0 Å². The molecule has 5 heteroatoms. The molecule has 0 amide bonds. The molecule has 0 atom stereocenters. The van der Waals surface area contributed by atoms with Crippen LogP contribution in [0.2, 0.25) is 0 Å². The number of hydrogen-bond donors (Lipinski definition) is 1. The fraction of sp³-hybridized carbons (Fsp3) is 0.438. The molecule has 2 aromatic rings. The summed E-state index contributed by atoms with van der Waals surface area (Å²) in [5, 5.41) is 7.85. The van der Waals surface area contributed by atoms with Gasteiger partial charge < -0.3 is 5.32 Å². The van der Waals surface area contributed by atoms with Crippen molar-refractivity contribution in [3.8, 4) is 0 Å². The Hall–Kier alpha value is -1.20.